The van der Waals surface area contributed by atoms with Crippen molar-refractivity contribution in [2.45, 2.75) is 19.4 Å². The summed E-state index contributed by atoms with van der Waals surface area (Å²) in [5, 5.41) is 12.7. The molecule has 4 N–H and O–H groups in total. The summed E-state index contributed by atoms with van der Waals surface area (Å²) in [7, 11) is 1.63. The zero-order chi connectivity index (χ0) is 12.0. The Kier molecular flexibility index (Phi) is 5.08. The van der Waals surface area contributed by atoms with E-state index in [9.17, 15) is 5.11 Å². The molecule has 1 unspecified atom stereocenters. The van der Waals surface area contributed by atoms with Gasteiger partial charge in [-0.25, -0.2) is 0 Å². The van der Waals surface area contributed by atoms with E-state index in [1.807, 2.05) is 25.1 Å². The van der Waals surface area contributed by atoms with Crippen molar-refractivity contribution in [1.82, 2.24) is 0 Å². The van der Waals surface area contributed by atoms with Crippen LogP contribution in [0.2, 0.25) is 0 Å². The first kappa shape index (κ1) is 12.8. The Labute approximate surface area is 96.4 Å². The third-order valence-electron chi connectivity index (χ3n) is 2.38. The molecule has 4 heteroatoms. The second-order valence-electron chi connectivity index (χ2n) is 3.82. The summed E-state index contributed by atoms with van der Waals surface area (Å²) in [6.07, 6.45) is 0.177. The van der Waals surface area contributed by atoms with E-state index in [1.165, 1.54) is 0 Å². The van der Waals surface area contributed by atoms with Crippen LogP contribution in [0.15, 0.2) is 18.2 Å². The molecule has 0 aliphatic carbocycles. The van der Waals surface area contributed by atoms with Crippen molar-refractivity contribution in [2.24, 2.45) is 5.73 Å². The van der Waals surface area contributed by atoms with Crippen molar-refractivity contribution in [3.05, 3.63) is 23.8 Å². The fourth-order valence-corrected chi connectivity index (χ4v) is 1.48. The maximum atomic E-state index is 9.56. The molecular weight excluding hydrogens is 204 g/mol. The number of methoxy groups -OCH3 is 1. The lowest BCUT2D eigenvalue weighted by atomic mass is 10.2. The monoisotopic (exact) mass is 224 g/mol. The Morgan fingerprint density at radius 1 is 1.50 bits per heavy atom. The number of nitrogens with two attached hydrogens (primary N) is 1. The molecule has 0 aliphatic rings. The fraction of sp³-hybridized carbons (Fsp3) is 0.500. The molecule has 0 heterocycles. The van der Waals surface area contributed by atoms with Gasteiger partial charge in [-0.1, -0.05) is 6.07 Å². The zero-order valence-corrected chi connectivity index (χ0v) is 9.86. The summed E-state index contributed by atoms with van der Waals surface area (Å²) < 4.78 is 5.22. The first-order chi connectivity index (χ1) is 7.67. The van der Waals surface area contributed by atoms with Gasteiger partial charge in [0, 0.05) is 6.54 Å². The van der Waals surface area contributed by atoms with Gasteiger partial charge < -0.3 is 20.9 Å². The topological polar surface area (TPSA) is 67.5 Å². The molecule has 0 amide bonds. The number of ether oxygens (including phenoxy) is 1. The van der Waals surface area contributed by atoms with Crippen LogP contribution in [0.25, 0.3) is 0 Å². The number of anilines is 1. The largest absolute Gasteiger partial charge is 0.495 e. The number of aryl methyl sites for hydroxylation is 1. The van der Waals surface area contributed by atoms with Crippen LogP contribution in [-0.4, -0.2) is 31.4 Å². The third-order valence-corrected chi connectivity index (χ3v) is 2.38. The van der Waals surface area contributed by atoms with E-state index in [2.05, 4.69) is 5.32 Å². The van der Waals surface area contributed by atoms with Crippen LogP contribution in [0.5, 0.6) is 5.75 Å². The number of aliphatic hydroxyl groups is 1. The first-order valence-corrected chi connectivity index (χ1v) is 5.44. The summed E-state index contributed by atoms with van der Waals surface area (Å²) in [5.41, 5.74) is 7.42. The molecule has 0 bridgehead atoms. The normalized spacial score (nSPS) is 12.2. The summed E-state index contributed by atoms with van der Waals surface area (Å²) in [5.74, 6) is 0.783. The SMILES string of the molecule is COc1ccc(C)cc1NCC(O)CCN. The van der Waals surface area contributed by atoms with Gasteiger partial charge in [0.25, 0.3) is 0 Å². The van der Waals surface area contributed by atoms with E-state index >= 15 is 0 Å². The molecule has 1 aromatic rings. The van der Waals surface area contributed by atoms with Crippen molar-refractivity contribution in [3.8, 4) is 5.75 Å². The highest BCUT2D eigenvalue weighted by Crippen LogP contribution is 2.24. The first-order valence-electron chi connectivity index (χ1n) is 5.44. The molecule has 1 aromatic carbocycles. The number of nitrogens with one attached hydrogen (secondary N) is 1. The second kappa shape index (κ2) is 6.35. The third kappa shape index (κ3) is 3.72. The molecule has 4 nitrogen and oxygen atoms in total. The van der Waals surface area contributed by atoms with Crippen LogP contribution in [0, 0.1) is 6.92 Å². The zero-order valence-electron chi connectivity index (χ0n) is 9.86. The van der Waals surface area contributed by atoms with Gasteiger partial charge in [-0.05, 0) is 37.6 Å². The smallest absolute Gasteiger partial charge is 0.141 e. The van der Waals surface area contributed by atoms with Crippen LogP contribution in [-0.2, 0) is 0 Å². The summed E-state index contributed by atoms with van der Waals surface area (Å²) in [6, 6.07) is 5.89. The van der Waals surface area contributed by atoms with Gasteiger partial charge >= 0.3 is 0 Å². The Hall–Kier alpha value is -1.26. The Balaban J connectivity index is 2.61. The average Bonchev–Trinajstić information content (AvgIpc) is 2.27. The predicted octanol–water partition coefficient (Wildman–Crippen LogP) is 1.13. The van der Waals surface area contributed by atoms with Crippen molar-refractivity contribution in [1.29, 1.82) is 0 Å². The van der Waals surface area contributed by atoms with E-state index in [0.29, 0.717) is 19.5 Å². The van der Waals surface area contributed by atoms with Crippen molar-refractivity contribution in [2.75, 3.05) is 25.5 Å². The number of hydrogen-bond donors (Lipinski definition) is 3. The molecule has 1 atom stereocenters. The van der Waals surface area contributed by atoms with Crippen molar-refractivity contribution >= 4 is 5.69 Å². The van der Waals surface area contributed by atoms with Gasteiger partial charge in [-0.2, -0.15) is 0 Å². The van der Waals surface area contributed by atoms with Crippen LogP contribution in [0.1, 0.15) is 12.0 Å². The number of rotatable bonds is 6. The minimum Gasteiger partial charge on any atom is -0.495 e. The van der Waals surface area contributed by atoms with Gasteiger partial charge in [0.1, 0.15) is 5.75 Å². The molecule has 90 valence electrons. The van der Waals surface area contributed by atoms with Crippen LogP contribution < -0.4 is 15.8 Å². The fourth-order valence-electron chi connectivity index (χ4n) is 1.48. The lowest BCUT2D eigenvalue weighted by Crippen LogP contribution is -2.22. The lowest BCUT2D eigenvalue weighted by Gasteiger charge is -2.14. The van der Waals surface area contributed by atoms with Gasteiger partial charge in [0.05, 0.1) is 18.9 Å². The standard InChI is InChI=1S/C12H20N2O2/c1-9-3-4-12(16-2)11(7-9)14-8-10(15)5-6-13/h3-4,7,10,14-15H,5-6,8,13H2,1-2H3. The number of hydrogen-bond acceptors (Lipinski definition) is 4. The Morgan fingerprint density at radius 3 is 2.88 bits per heavy atom. The van der Waals surface area contributed by atoms with Crippen molar-refractivity contribution in [3.63, 3.8) is 0 Å². The maximum absolute atomic E-state index is 9.56. The molecule has 0 saturated carbocycles. The summed E-state index contributed by atoms with van der Waals surface area (Å²) in [4.78, 5) is 0. The molecule has 0 radical (unpaired) electrons. The van der Waals surface area contributed by atoms with Gasteiger partial charge in [0.15, 0.2) is 0 Å². The van der Waals surface area contributed by atoms with Gasteiger partial charge in [-0.15, -0.1) is 0 Å². The molecule has 0 saturated heterocycles. The van der Waals surface area contributed by atoms with E-state index in [4.69, 9.17) is 10.5 Å². The molecule has 16 heavy (non-hydrogen) atoms. The van der Waals surface area contributed by atoms with E-state index in [-0.39, 0.29) is 0 Å². The Bertz CT molecular complexity index is 329. The molecule has 0 aliphatic heterocycles. The number of benzene rings is 1. The molecule has 0 aromatic heterocycles. The lowest BCUT2D eigenvalue weighted by molar-refractivity contribution is 0.180. The molecular formula is C12H20N2O2. The quantitative estimate of drug-likeness (QED) is 0.677. The van der Waals surface area contributed by atoms with Crippen molar-refractivity contribution < 1.29 is 9.84 Å². The maximum Gasteiger partial charge on any atom is 0.141 e. The minimum absolute atomic E-state index is 0.421. The summed E-state index contributed by atoms with van der Waals surface area (Å²) in [6.45, 7) is 2.99. The van der Waals surface area contributed by atoms with Crippen LogP contribution in [0.3, 0.4) is 0 Å². The highest BCUT2D eigenvalue weighted by molar-refractivity contribution is 5.58. The second-order valence-corrected chi connectivity index (χ2v) is 3.82. The summed E-state index contributed by atoms with van der Waals surface area (Å²) >= 11 is 0. The highest BCUT2D eigenvalue weighted by atomic mass is 16.5. The highest BCUT2D eigenvalue weighted by Gasteiger charge is 2.06. The van der Waals surface area contributed by atoms with E-state index in [0.717, 1.165) is 17.0 Å². The van der Waals surface area contributed by atoms with E-state index in [1.54, 1.807) is 7.11 Å². The number of aliphatic hydroxyl groups excluding tert-OH is 1. The van der Waals surface area contributed by atoms with Crippen LogP contribution >= 0.6 is 0 Å². The molecule has 0 spiro atoms. The van der Waals surface area contributed by atoms with E-state index < -0.39 is 6.10 Å². The average molecular weight is 224 g/mol. The van der Waals surface area contributed by atoms with Gasteiger partial charge in [0.2, 0.25) is 0 Å². The van der Waals surface area contributed by atoms with Crippen LogP contribution in [0.4, 0.5) is 5.69 Å². The minimum atomic E-state index is -0.421. The molecule has 0 fully saturated rings. The molecule has 1 rings (SSSR count). The predicted molar refractivity (Wildman–Crippen MR) is 65.9 cm³/mol. The van der Waals surface area contributed by atoms with Gasteiger partial charge in [-0.3, -0.25) is 0 Å². The Morgan fingerprint density at radius 2 is 2.25 bits per heavy atom.